The van der Waals surface area contributed by atoms with Crippen LogP contribution in [0.2, 0.25) is 5.02 Å². The molecule has 1 amide bonds. The number of hydrogen-bond donors (Lipinski definition) is 0. The fourth-order valence-corrected chi connectivity index (χ4v) is 4.34. The molecular formula is C15H18Cl3NO. The SMILES string of the molecule is CCC1(N(C=O)C(C)c2ccc(Cl)cc2)C(C)C1(Cl)Cl. The van der Waals surface area contributed by atoms with Gasteiger partial charge in [-0.3, -0.25) is 4.79 Å². The molecule has 2 nitrogen and oxygen atoms in total. The quantitative estimate of drug-likeness (QED) is 0.558. The summed E-state index contributed by atoms with van der Waals surface area (Å²) in [4.78, 5) is 13.4. The van der Waals surface area contributed by atoms with E-state index in [1.807, 2.05) is 45.0 Å². The zero-order chi connectivity index (χ0) is 15.1. The molecule has 0 heterocycles. The average Bonchev–Trinajstić information content (AvgIpc) is 2.86. The number of carbonyl (C=O) groups excluding carboxylic acids is 1. The molecule has 0 aromatic heterocycles. The molecule has 0 spiro atoms. The van der Waals surface area contributed by atoms with Crippen LogP contribution in [0.5, 0.6) is 0 Å². The molecule has 3 atom stereocenters. The monoisotopic (exact) mass is 333 g/mol. The Bertz CT molecular complexity index is 502. The normalized spacial score (nSPS) is 28.8. The molecule has 0 N–H and O–H groups in total. The third-order valence-electron chi connectivity index (χ3n) is 4.64. The van der Waals surface area contributed by atoms with Gasteiger partial charge in [0.15, 0.2) is 0 Å². The Morgan fingerprint density at radius 3 is 2.20 bits per heavy atom. The first-order chi connectivity index (χ1) is 9.32. The molecule has 20 heavy (non-hydrogen) atoms. The van der Waals surface area contributed by atoms with Gasteiger partial charge in [0.2, 0.25) is 6.41 Å². The van der Waals surface area contributed by atoms with Crippen molar-refractivity contribution in [3.63, 3.8) is 0 Å². The fraction of sp³-hybridized carbons (Fsp3) is 0.533. The summed E-state index contributed by atoms with van der Waals surface area (Å²) < 4.78 is -0.886. The van der Waals surface area contributed by atoms with Crippen molar-refractivity contribution in [1.82, 2.24) is 4.90 Å². The maximum Gasteiger partial charge on any atom is 0.210 e. The van der Waals surface area contributed by atoms with Crippen LogP contribution in [-0.2, 0) is 4.79 Å². The number of carbonyl (C=O) groups is 1. The summed E-state index contributed by atoms with van der Waals surface area (Å²) in [5.41, 5.74) is 0.509. The maximum absolute atomic E-state index is 11.6. The number of rotatable bonds is 5. The Kier molecular flexibility index (Phi) is 4.30. The van der Waals surface area contributed by atoms with Gasteiger partial charge in [0, 0.05) is 10.9 Å². The Hall–Kier alpha value is -0.440. The lowest BCUT2D eigenvalue weighted by Crippen LogP contribution is -2.42. The number of hydrogen-bond acceptors (Lipinski definition) is 1. The second kappa shape index (κ2) is 5.40. The minimum atomic E-state index is -0.886. The van der Waals surface area contributed by atoms with E-state index < -0.39 is 9.87 Å². The van der Waals surface area contributed by atoms with Crippen molar-refractivity contribution in [1.29, 1.82) is 0 Å². The van der Waals surface area contributed by atoms with Gasteiger partial charge in [-0.05, 0) is 31.0 Å². The largest absolute Gasteiger partial charge is 0.329 e. The Balaban J connectivity index is 2.33. The van der Waals surface area contributed by atoms with Crippen LogP contribution < -0.4 is 0 Å². The average molecular weight is 335 g/mol. The van der Waals surface area contributed by atoms with Crippen molar-refractivity contribution in [2.45, 2.75) is 43.1 Å². The zero-order valence-corrected chi connectivity index (χ0v) is 14.0. The summed E-state index contributed by atoms with van der Waals surface area (Å²) in [6, 6.07) is 7.38. The first kappa shape index (κ1) is 15.9. The van der Waals surface area contributed by atoms with Gasteiger partial charge >= 0.3 is 0 Å². The Labute approximate surface area is 135 Å². The molecule has 1 aromatic carbocycles. The predicted octanol–water partition coefficient (Wildman–Crippen LogP) is 4.83. The number of alkyl halides is 2. The molecule has 2 rings (SSSR count). The van der Waals surface area contributed by atoms with E-state index in [1.54, 1.807) is 4.90 Å². The second-order valence-electron chi connectivity index (χ2n) is 5.36. The highest BCUT2D eigenvalue weighted by Crippen LogP contribution is 2.67. The summed E-state index contributed by atoms with van der Waals surface area (Å²) in [6.07, 6.45) is 1.57. The van der Waals surface area contributed by atoms with Crippen molar-refractivity contribution in [3.05, 3.63) is 34.9 Å². The van der Waals surface area contributed by atoms with E-state index in [1.165, 1.54) is 0 Å². The lowest BCUT2D eigenvalue weighted by atomic mass is 10.0. The molecule has 0 aliphatic heterocycles. The van der Waals surface area contributed by atoms with Crippen LogP contribution >= 0.6 is 34.8 Å². The maximum atomic E-state index is 11.6. The Morgan fingerprint density at radius 1 is 1.35 bits per heavy atom. The number of halogens is 3. The summed E-state index contributed by atoms with van der Waals surface area (Å²) in [7, 11) is 0. The summed E-state index contributed by atoms with van der Waals surface area (Å²) in [5, 5.41) is 0.674. The lowest BCUT2D eigenvalue weighted by molar-refractivity contribution is -0.124. The van der Waals surface area contributed by atoms with Crippen LogP contribution in [0.1, 0.15) is 38.8 Å². The van der Waals surface area contributed by atoms with Crippen molar-refractivity contribution < 1.29 is 4.79 Å². The molecule has 110 valence electrons. The minimum absolute atomic E-state index is 0.0447. The van der Waals surface area contributed by atoms with Gasteiger partial charge in [-0.25, -0.2) is 0 Å². The standard InChI is InChI=1S/C15H18Cl3NO/c1-4-14(11(3)15(14,17)18)19(9-20)10(2)12-5-7-13(16)8-6-12/h5-11H,4H2,1-3H3. The van der Waals surface area contributed by atoms with Crippen LogP contribution in [0.4, 0.5) is 0 Å². The van der Waals surface area contributed by atoms with E-state index in [2.05, 4.69) is 0 Å². The fourth-order valence-electron chi connectivity index (χ4n) is 3.18. The van der Waals surface area contributed by atoms with Crippen molar-refractivity contribution in [2.75, 3.05) is 0 Å². The van der Waals surface area contributed by atoms with Crippen LogP contribution in [0, 0.1) is 5.92 Å². The van der Waals surface area contributed by atoms with Gasteiger partial charge in [0.1, 0.15) is 4.33 Å². The zero-order valence-electron chi connectivity index (χ0n) is 11.7. The highest BCUT2D eigenvalue weighted by Gasteiger charge is 2.75. The molecule has 3 unspecified atom stereocenters. The lowest BCUT2D eigenvalue weighted by Gasteiger charge is -2.35. The predicted molar refractivity (Wildman–Crippen MR) is 84.4 cm³/mol. The third-order valence-corrected chi connectivity index (χ3v) is 6.20. The van der Waals surface area contributed by atoms with Gasteiger partial charge < -0.3 is 4.90 Å². The van der Waals surface area contributed by atoms with Gasteiger partial charge in [0.25, 0.3) is 0 Å². The molecule has 1 aromatic rings. The molecule has 1 aliphatic carbocycles. The molecule has 1 fully saturated rings. The van der Waals surface area contributed by atoms with E-state index in [0.717, 1.165) is 18.4 Å². The first-order valence-electron chi connectivity index (χ1n) is 6.70. The second-order valence-corrected chi connectivity index (χ2v) is 7.18. The van der Waals surface area contributed by atoms with Gasteiger partial charge in [-0.2, -0.15) is 0 Å². The third kappa shape index (κ3) is 2.13. The molecule has 5 heteroatoms. The van der Waals surface area contributed by atoms with Crippen LogP contribution in [0.25, 0.3) is 0 Å². The Morgan fingerprint density at radius 2 is 1.85 bits per heavy atom. The van der Waals surface area contributed by atoms with Gasteiger partial charge in [-0.1, -0.05) is 60.8 Å². The number of nitrogens with zero attached hydrogens (tertiary/aromatic N) is 1. The van der Waals surface area contributed by atoms with E-state index in [4.69, 9.17) is 34.8 Å². The topological polar surface area (TPSA) is 20.3 Å². The van der Waals surface area contributed by atoms with E-state index in [9.17, 15) is 4.79 Å². The summed E-state index contributed by atoms with van der Waals surface area (Å²) >= 11 is 18.7. The minimum Gasteiger partial charge on any atom is -0.329 e. The number of benzene rings is 1. The highest BCUT2D eigenvalue weighted by molar-refractivity contribution is 6.52. The van der Waals surface area contributed by atoms with Crippen molar-refractivity contribution in [3.8, 4) is 0 Å². The van der Waals surface area contributed by atoms with Crippen LogP contribution in [0.15, 0.2) is 24.3 Å². The smallest absolute Gasteiger partial charge is 0.210 e. The first-order valence-corrected chi connectivity index (χ1v) is 7.83. The molecule has 1 saturated carbocycles. The summed E-state index contributed by atoms with van der Waals surface area (Å²) in [5.74, 6) is 0.0447. The molecule has 0 radical (unpaired) electrons. The molecular weight excluding hydrogens is 317 g/mol. The summed E-state index contributed by atoms with van der Waals surface area (Å²) in [6.45, 7) is 5.96. The van der Waals surface area contributed by atoms with Gasteiger partial charge in [0.05, 0.1) is 11.6 Å². The van der Waals surface area contributed by atoms with E-state index >= 15 is 0 Å². The van der Waals surface area contributed by atoms with Crippen molar-refractivity contribution in [2.24, 2.45) is 5.92 Å². The molecule has 1 aliphatic rings. The van der Waals surface area contributed by atoms with Gasteiger partial charge in [-0.15, -0.1) is 0 Å². The van der Waals surface area contributed by atoms with E-state index in [-0.39, 0.29) is 12.0 Å². The van der Waals surface area contributed by atoms with Crippen LogP contribution in [-0.4, -0.2) is 21.2 Å². The highest BCUT2D eigenvalue weighted by atomic mass is 35.5. The molecule has 0 bridgehead atoms. The van der Waals surface area contributed by atoms with Crippen molar-refractivity contribution >= 4 is 41.2 Å². The van der Waals surface area contributed by atoms with Crippen LogP contribution in [0.3, 0.4) is 0 Å². The number of amides is 1. The molecule has 0 saturated heterocycles. The van der Waals surface area contributed by atoms with E-state index in [0.29, 0.717) is 5.02 Å².